The van der Waals surface area contributed by atoms with Gasteiger partial charge in [0.25, 0.3) is 5.69 Å². The lowest BCUT2D eigenvalue weighted by atomic mass is 10.3. The zero-order valence-corrected chi connectivity index (χ0v) is 11.2. The molecule has 2 rings (SSSR count). The third-order valence-corrected chi connectivity index (χ3v) is 2.76. The van der Waals surface area contributed by atoms with Crippen molar-refractivity contribution < 1.29 is 9.66 Å². The average Bonchev–Trinajstić information content (AvgIpc) is 2.31. The van der Waals surface area contributed by atoms with Crippen molar-refractivity contribution in [3.8, 4) is 11.5 Å². The Morgan fingerprint density at radius 3 is 2.72 bits per heavy atom. The molecule has 0 saturated heterocycles. The summed E-state index contributed by atoms with van der Waals surface area (Å²) in [5.41, 5.74) is -0.0836. The Morgan fingerprint density at radius 2 is 2.11 bits per heavy atom. The highest BCUT2D eigenvalue weighted by Gasteiger charge is 2.11. The first-order valence-corrected chi connectivity index (χ1v) is 5.96. The number of hydrogen-bond donors (Lipinski definition) is 0. The second-order valence-electron chi connectivity index (χ2n) is 3.31. The van der Waals surface area contributed by atoms with Crippen LogP contribution in [0.2, 0.25) is 5.02 Å². The molecule has 92 valence electrons. The van der Waals surface area contributed by atoms with Gasteiger partial charge < -0.3 is 4.74 Å². The summed E-state index contributed by atoms with van der Waals surface area (Å²) in [7, 11) is 0. The van der Waals surface area contributed by atoms with Gasteiger partial charge in [-0.05, 0) is 28.1 Å². The maximum atomic E-state index is 10.6. The number of nitrogens with zero attached hydrogens (tertiary/aromatic N) is 2. The van der Waals surface area contributed by atoms with Crippen LogP contribution < -0.4 is 4.74 Å². The number of halogens is 2. The van der Waals surface area contributed by atoms with E-state index in [2.05, 4.69) is 20.9 Å². The fourth-order valence-corrected chi connectivity index (χ4v) is 1.82. The zero-order chi connectivity index (χ0) is 13.1. The summed E-state index contributed by atoms with van der Waals surface area (Å²) in [4.78, 5) is 14.0. The van der Waals surface area contributed by atoms with Crippen molar-refractivity contribution in [1.29, 1.82) is 0 Å². The Hall–Kier alpha value is -1.66. The van der Waals surface area contributed by atoms with Crippen LogP contribution >= 0.6 is 27.5 Å². The highest BCUT2D eigenvalue weighted by atomic mass is 79.9. The van der Waals surface area contributed by atoms with Crippen molar-refractivity contribution in [1.82, 2.24) is 4.98 Å². The average molecular weight is 330 g/mol. The van der Waals surface area contributed by atoms with Gasteiger partial charge in [0, 0.05) is 22.8 Å². The smallest absolute Gasteiger partial charge is 0.271 e. The molecule has 0 bridgehead atoms. The number of benzene rings is 1. The SMILES string of the molecule is O=[N+]([O-])c1ccc(Oc2cncc(Br)c2)c(Cl)c1. The molecule has 18 heavy (non-hydrogen) atoms. The van der Waals surface area contributed by atoms with E-state index in [9.17, 15) is 10.1 Å². The molecular weight excluding hydrogens is 323 g/mol. The number of ether oxygens (including phenoxy) is 1. The van der Waals surface area contributed by atoms with Crippen molar-refractivity contribution in [3.05, 3.63) is 56.3 Å². The topological polar surface area (TPSA) is 65.3 Å². The summed E-state index contributed by atoms with van der Waals surface area (Å²) in [6, 6.07) is 5.72. The number of nitro benzene ring substituents is 1. The van der Waals surface area contributed by atoms with Crippen LogP contribution in [-0.2, 0) is 0 Å². The number of nitro groups is 1. The Kier molecular flexibility index (Phi) is 3.78. The summed E-state index contributed by atoms with van der Waals surface area (Å²) in [5.74, 6) is 0.822. The molecule has 1 heterocycles. The van der Waals surface area contributed by atoms with Gasteiger partial charge in [-0.3, -0.25) is 15.1 Å². The van der Waals surface area contributed by atoms with Gasteiger partial charge >= 0.3 is 0 Å². The quantitative estimate of drug-likeness (QED) is 0.625. The second-order valence-corrected chi connectivity index (χ2v) is 4.64. The standard InChI is InChI=1S/C11H6BrClN2O3/c12-7-3-9(6-14-5-7)18-11-2-1-8(15(16)17)4-10(11)13/h1-6H. The maximum Gasteiger partial charge on any atom is 0.271 e. The fourth-order valence-electron chi connectivity index (χ4n) is 1.26. The summed E-state index contributed by atoms with van der Waals surface area (Å²) >= 11 is 9.16. The summed E-state index contributed by atoms with van der Waals surface area (Å²) < 4.78 is 6.24. The van der Waals surface area contributed by atoms with Crippen LogP contribution in [-0.4, -0.2) is 9.91 Å². The number of aromatic nitrogens is 1. The molecule has 0 aliphatic rings. The first kappa shape index (κ1) is 12.8. The molecule has 0 fully saturated rings. The Morgan fingerprint density at radius 1 is 1.33 bits per heavy atom. The minimum atomic E-state index is -0.518. The molecule has 0 N–H and O–H groups in total. The number of hydrogen-bond acceptors (Lipinski definition) is 4. The van der Waals surface area contributed by atoms with Gasteiger partial charge in [-0.1, -0.05) is 11.6 Å². The minimum Gasteiger partial charge on any atom is -0.454 e. The highest BCUT2D eigenvalue weighted by molar-refractivity contribution is 9.10. The van der Waals surface area contributed by atoms with Gasteiger partial charge in [0.05, 0.1) is 16.1 Å². The van der Waals surface area contributed by atoms with Gasteiger partial charge in [0.1, 0.15) is 11.5 Å². The third-order valence-electron chi connectivity index (χ3n) is 2.03. The molecule has 1 aromatic carbocycles. The van der Waals surface area contributed by atoms with E-state index < -0.39 is 4.92 Å². The third kappa shape index (κ3) is 2.96. The lowest BCUT2D eigenvalue weighted by Crippen LogP contribution is -1.90. The van der Waals surface area contributed by atoms with Crippen molar-refractivity contribution in [2.75, 3.05) is 0 Å². The zero-order valence-electron chi connectivity index (χ0n) is 8.84. The predicted octanol–water partition coefficient (Wildman–Crippen LogP) is 4.20. The molecule has 0 atom stereocenters. The monoisotopic (exact) mass is 328 g/mol. The molecule has 7 heteroatoms. The van der Waals surface area contributed by atoms with E-state index >= 15 is 0 Å². The summed E-state index contributed by atoms with van der Waals surface area (Å²) in [6.07, 6.45) is 3.13. The molecule has 1 aromatic heterocycles. The lowest BCUT2D eigenvalue weighted by molar-refractivity contribution is -0.384. The van der Waals surface area contributed by atoms with Gasteiger partial charge in [0.2, 0.25) is 0 Å². The van der Waals surface area contributed by atoms with Crippen molar-refractivity contribution in [2.24, 2.45) is 0 Å². The molecule has 0 aliphatic heterocycles. The van der Waals surface area contributed by atoms with E-state index in [-0.39, 0.29) is 10.7 Å². The largest absolute Gasteiger partial charge is 0.454 e. The van der Waals surface area contributed by atoms with Crippen LogP contribution in [0, 0.1) is 10.1 Å². The van der Waals surface area contributed by atoms with Crippen LogP contribution in [0.4, 0.5) is 5.69 Å². The first-order chi connectivity index (χ1) is 8.56. The number of pyridine rings is 1. The van der Waals surface area contributed by atoms with Crippen molar-refractivity contribution in [2.45, 2.75) is 0 Å². The highest BCUT2D eigenvalue weighted by Crippen LogP contribution is 2.32. The molecule has 0 unspecified atom stereocenters. The predicted molar refractivity (Wildman–Crippen MR) is 70.1 cm³/mol. The number of non-ortho nitro benzene ring substituents is 1. The fraction of sp³-hybridized carbons (Fsp3) is 0. The van der Waals surface area contributed by atoms with E-state index in [1.165, 1.54) is 24.4 Å². The number of rotatable bonds is 3. The maximum absolute atomic E-state index is 10.6. The van der Waals surface area contributed by atoms with Gasteiger partial charge in [0.15, 0.2) is 0 Å². The van der Waals surface area contributed by atoms with E-state index in [1.807, 2.05) is 0 Å². The molecule has 0 spiro atoms. The van der Waals surface area contributed by atoms with Gasteiger partial charge in [-0.15, -0.1) is 0 Å². The summed E-state index contributed by atoms with van der Waals surface area (Å²) in [5, 5.41) is 10.7. The van der Waals surface area contributed by atoms with E-state index in [4.69, 9.17) is 16.3 Å². The minimum absolute atomic E-state index is 0.0836. The van der Waals surface area contributed by atoms with Crippen molar-refractivity contribution >= 4 is 33.2 Å². The van der Waals surface area contributed by atoms with Crippen LogP contribution in [0.5, 0.6) is 11.5 Å². The summed E-state index contributed by atoms with van der Waals surface area (Å²) in [6.45, 7) is 0. The van der Waals surface area contributed by atoms with E-state index in [0.29, 0.717) is 11.5 Å². The Labute approximate surface area is 116 Å². The first-order valence-electron chi connectivity index (χ1n) is 4.78. The molecule has 0 aliphatic carbocycles. The molecule has 5 nitrogen and oxygen atoms in total. The second kappa shape index (κ2) is 5.32. The lowest BCUT2D eigenvalue weighted by Gasteiger charge is -2.06. The Bertz CT molecular complexity index is 607. The normalized spacial score (nSPS) is 10.1. The molecule has 0 amide bonds. The Balaban J connectivity index is 2.27. The van der Waals surface area contributed by atoms with Crippen LogP contribution in [0.3, 0.4) is 0 Å². The van der Waals surface area contributed by atoms with Crippen LogP contribution in [0.25, 0.3) is 0 Å². The van der Waals surface area contributed by atoms with E-state index in [0.717, 1.165) is 4.47 Å². The molecule has 2 aromatic rings. The van der Waals surface area contributed by atoms with Gasteiger partial charge in [-0.25, -0.2) is 0 Å². The molecule has 0 saturated carbocycles. The van der Waals surface area contributed by atoms with Crippen molar-refractivity contribution in [3.63, 3.8) is 0 Å². The molecular formula is C11H6BrClN2O3. The van der Waals surface area contributed by atoms with Crippen LogP contribution in [0.15, 0.2) is 41.1 Å². The van der Waals surface area contributed by atoms with Crippen LogP contribution in [0.1, 0.15) is 0 Å². The molecule has 0 radical (unpaired) electrons. The van der Waals surface area contributed by atoms with Gasteiger partial charge in [-0.2, -0.15) is 0 Å². The van der Waals surface area contributed by atoms with E-state index in [1.54, 1.807) is 12.3 Å².